The van der Waals surface area contributed by atoms with Gasteiger partial charge in [0.15, 0.2) is 0 Å². The number of hydrogen-bond donors (Lipinski definition) is 1. The first-order valence-electron chi connectivity index (χ1n) is 5.14. The average Bonchev–Trinajstić information content (AvgIpc) is 2.73. The molecule has 18 heavy (non-hydrogen) atoms. The lowest BCUT2D eigenvalue weighted by atomic mass is 10.2. The highest BCUT2D eigenvalue weighted by molar-refractivity contribution is 9.10. The Balaban J connectivity index is 2.21. The lowest BCUT2D eigenvalue weighted by molar-refractivity contribution is 0.306. The summed E-state index contributed by atoms with van der Waals surface area (Å²) in [5, 5.41) is 3.04. The highest BCUT2D eigenvalue weighted by Gasteiger charge is 2.11. The van der Waals surface area contributed by atoms with Crippen LogP contribution in [0.2, 0.25) is 10.0 Å². The molecule has 0 aliphatic heterocycles. The van der Waals surface area contributed by atoms with Crippen LogP contribution < -0.4 is 10.5 Å². The van der Waals surface area contributed by atoms with Gasteiger partial charge in [-0.3, -0.25) is 0 Å². The van der Waals surface area contributed by atoms with E-state index in [2.05, 4.69) is 15.9 Å². The van der Waals surface area contributed by atoms with Crippen molar-refractivity contribution in [2.75, 3.05) is 0 Å². The highest BCUT2D eigenvalue weighted by Crippen LogP contribution is 2.34. The Morgan fingerprint density at radius 2 is 2.11 bits per heavy atom. The van der Waals surface area contributed by atoms with Gasteiger partial charge in [0.1, 0.15) is 12.4 Å². The largest absolute Gasteiger partial charge is 0.486 e. The Hall–Kier alpha value is -0.260. The maximum Gasteiger partial charge on any atom is 0.143 e. The van der Waals surface area contributed by atoms with Gasteiger partial charge in [-0.15, -0.1) is 11.3 Å². The fraction of sp³-hybridized carbons (Fsp3) is 0.167. The van der Waals surface area contributed by atoms with Gasteiger partial charge in [0.25, 0.3) is 0 Å². The molecule has 0 amide bonds. The molecular formula is C12H10BrCl2NOS. The third-order valence-corrected chi connectivity index (χ3v) is 4.74. The molecule has 0 aliphatic carbocycles. The molecule has 2 aromatic rings. The van der Waals surface area contributed by atoms with E-state index in [1.807, 2.05) is 11.4 Å². The van der Waals surface area contributed by atoms with E-state index < -0.39 is 0 Å². The fourth-order valence-corrected chi connectivity index (χ4v) is 3.46. The molecule has 0 saturated heterocycles. The van der Waals surface area contributed by atoms with Crippen LogP contribution in [0.5, 0.6) is 5.75 Å². The summed E-state index contributed by atoms with van der Waals surface area (Å²) in [6.45, 7) is 0.786. The Labute approximate surface area is 128 Å². The van der Waals surface area contributed by atoms with Crippen molar-refractivity contribution >= 4 is 50.5 Å². The summed E-state index contributed by atoms with van der Waals surface area (Å²) in [5.41, 5.74) is 6.47. The normalized spacial score (nSPS) is 10.7. The standard InChI is InChI=1S/C12H10BrCl2NOS/c13-9-1-2-18-11(9)6-17-12-7(5-16)3-8(14)4-10(12)15/h1-4H,5-6,16H2. The summed E-state index contributed by atoms with van der Waals surface area (Å²) in [6, 6.07) is 5.41. The van der Waals surface area contributed by atoms with Crippen molar-refractivity contribution in [3.05, 3.63) is 48.5 Å². The van der Waals surface area contributed by atoms with Gasteiger partial charge in [-0.1, -0.05) is 23.2 Å². The Morgan fingerprint density at radius 3 is 2.72 bits per heavy atom. The lowest BCUT2D eigenvalue weighted by Crippen LogP contribution is -2.03. The first-order chi connectivity index (χ1) is 8.61. The molecule has 0 fully saturated rings. The molecule has 1 aromatic carbocycles. The second-order valence-corrected chi connectivity index (χ2v) is 6.26. The van der Waals surface area contributed by atoms with Crippen LogP contribution in [0.25, 0.3) is 0 Å². The molecule has 0 spiro atoms. The van der Waals surface area contributed by atoms with E-state index in [0.29, 0.717) is 28.9 Å². The van der Waals surface area contributed by atoms with Crippen LogP contribution >= 0.6 is 50.5 Å². The van der Waals surface area contributed by atoms with Crippen molar-refractivity contribution in [3.63, 3.8) is 0 Å². The van der Waals surface area contributed by atoms with Gasteiger partial charge in [0, 0.05) is 21.6 Å². The third kappa shape index (κ3) is 3.19. The van der Waals surface area contributed by atoms with Gasteiger partial charge in [-0.05, 0) is 39.5 Å². The van der Waals surface area contributed by atoms with E-state index in [0.717, 1.165) is 14.9 Å². The maximum atomic E-state index is 6.12. The lowest BCUT2D eigenvalue weighted by Gasteiger charge is -2.12. The minimum absolute atomic E-state index is 0.335. The zero-order valence-electron chi connectivity index (χ0n) is 9.25. The van der Waals surface area contributed by atoms with Crippen molar-refractivity contribution in [2.45, 2.75) is 13.2 Å². The monoisotopic (exact) mass is 365 g/mol. The van der Waals surface area contributed by atoms with E-state index in [9.17, 15) is 0 Å². The van der Waals surface area contributed by atoms with E-state index in [-0.39, 0.29) is 0 Å². The Kier molecular flexibility index (Phi) is 4.92. The first kappa shape index (κ1) is 14.2. The smallest absolute Gasteiger partial charge is 0.143 e. The average molecular weight is 367 g/mol. The van der Waals surface area contributed by atoms with Crippen LogP contribution in [-0.2, 0) is 13.2 Å². The van der Waals surface area contributed by atoms with Crippen LogP contribution in [-0.4, -0.2) is 0 Å². The summed E-state index contributed by atoms with van der Waals surface area (Å²) in [6.07, 6.45) is 0. The number of halogens is 3. The van der Waals surface area contributed by atoms with Crippen molar-refractivity contribution in [2.24, 2.45) is 5.73 Å². The molecule has 2 nitrogen and oxygen atoms in total. The molecular weight excluding hydrogens is 357 g/mol. The molecule has 0 unspecified atom stereocenters. The summed E-state index contributed by atoms with van der Waals surface area (Å²) in [4.78, 5) is 1.10. The second-order valence-electron chi connectivity index (χ2n) is 3.56. The van der Waals surface area contributed by atoms with Crippen molar-refractivity contribution in [1.82, 2.24) is 0 Å². The predicted molar refractivity (Wildman–Crippen MR) is 80.7 cm³/mol. The molecule has 0 atom stereocenters. The summed E-state index contributed by atoms with van der Waals surface area (Å²) in [7, 11) is 0. The number of benzene rings is 1. The highest BCUT2D eigenvalue weighted by atomic mass is 79.9. The Morgan fingerprint density at radius 1 is 1.33 bits per heavy atom. The van der Waals surface area contributed by atoms with Crippen molar-refractivity contribution in [3.8, 4) is 5.75 Å². The summed E-state index contributed by atoms with van der Waals surface area (Å²) >= 11 is 17.1. The van der Waals surface area contributed by atoms with Crippen LogP contribution in [0, 0.1) is 0 Å². The molecule has 6 heteroatoms. The van der Waals surface area contributed by atoms with Gasteiger partial charge in [0.2, 0.25) is 0 Å². The number of nitrogens with two attached hydrogens (primary N) is 1. The van der Waals surface area contributed by atoms with E-state index in [1.54, 1.807) is 23.5 Å². The van der Waals surface area contributed by atoms with E-state index in [1.165, 1.54) is 0 Å². The van der Waals surface area contributed by atoms with Gasteiger partial charge < -0.3 is 10.5 Å². The molecule has 0 saturated carbocycles. The molecule has 96 valence electrons. The zero-order chi connectivity index (χ0) is 13.1. The first-order valence-corrected chi connectivity index (χ1v) is 7.57. The van der Waals surface area contributed by atoms with Gasteiger partial charge >= 0.3 is 0 Å². The molecule has 2 N–H and O–H groups in total. The number of ether oxygens (including phenoxy) is 1. The topological polar surface area (TPSA) is 35.2 Å². The van der Waals surface area contributed by atoms with Crippen LogP contribution in [0.1, 0.15) is 10.4 Å². The minimum atomic E-state index is 0.335. The van der Waals surface area contributed by atoms with E-state index >= 15 is 0 Å². The van der Waals surface area contributed by atoms with Crippen molar-refractivity contribution < 1.29 is 4.74 Å². The van der Waals surface area contributed by atoms with Gasteiger partial charge in [0.05, 0.1) is 9.90 Å². The summed E-state index contributed by atoms with van der Waals surface area (Å²) in [5.74, 6) is 0.601. The quantitative estimate of drug-likeness (QED) is 0.838. The number of rotatable bonds is 4. The molecule has 0 bridgehead atoms. The molecule has 0 radical (unpaired) electrons. The predicted octanol–water partition coefficient (Wildman–Crippen LogP) is 4.86. The second kappa shape index (κ2) is 6.26. The molecule has 1 aromatic heterocycles. The van der Waals surface area contributed by atoms with Crippen molar-refractivity contribution in [1.29, 1.82) is 0 Å². The van der Waals surface area contributed by atoms with Crippen LogP contribution in [0.3, 0.4) is 0 Å². The molecule has 1 heterocycles. The zero-order valence-corrected chi connectivity index (χ0v) is 13.2. The third-order valence-electron chi connectivity index (χ3n) is 2.34. The molecule has 2 rings (SSSR count). The maximum absolute atomic E-state index is 6.12. The van der Waals surface area contributed by atoms with Crippen LogP contribution in [0.15, 0.2) is 28.1 Å². The van der Waals surface area contributed by atoms with Gasteiger partial charge in [-0.2, -0.15) is 0 Å². The Bertz CT molecular complexity index is 559. The van der Waals surface area contributed by atoms with Crippen LogP contribution in [0.4, 0.5) is 0 Å². The number of hydrogen-bond acceptors (Lipinski definition) is 3. The van der Waals surface area contributed by atoms with E-state index in [4.69, 9.17) is 33.7 Å². The summed E-state index contributed by atoms with van der Waals surface area (Å²) < 4.78 is 6.78. The minimum Gasteiger partial charge on any atom is -0.486 e. The number of thiophene rings is 1. The molecule has 0 aliphatic rings. The SMILES string of the molecule is NCc1cc(Cl)cc(Cl)c1OCc1sccc1Br. The van der Waals surface area contributed by atoms with Gasteiger partial charge in [-0.25, -0.2) is 0 Å². The fourth-order valence-electron chi connectivity index (χ4n) is 1.49.